The van der Waals surface area contributed by atoms with Gasteiger partial charge in [0.15, 0.2) is 0 Å². The van der Waals surface area contributed by atoms with E-state index < -0.39 is 11.2 Å². The van der Waals surface area contributed by atoms with E-state index in [1.165, 1.54) is 22.3 Å². The van der Waals surface area contributed by atoms with Gasteiger partial charge in [0.05, 0.1) is 5.60 Å². The molecular weight excluding hydrogens is 366 g/mol. The third kappa shape index (κ3) is 4.67. The largest absolute Gasteiger partial charge is 0.444 e. The van der Waals surface area contributed by atoms with Crippen LogP contribution in [0.2, 0.25) is 0 Å². The molecular formula is C24H35NO4. The standard InChI is InChI=1S/C24H35NO4/c1-16-15-20(19-7-11-25(12-8-19)22(26)29-23(4,5)6)21(18(3)17(16)2)24(27)9-13-28-14-10-24/h7,15,27H,8-14H2,1-6H3. The molecule has 0 spiro atoms. The van der Waals surface area contributed by atoms with E-state index in [4.69, 9.17) is 9.47 Å². The highest BCUT2D eigenvalue weighted by atomic mass is 16.6. The van der Waals surface area contributed by atoms with E-state index in [0.717, 1.165) is 17.5 Å². The molecule has 1 aromatic rings. The van der Waals surface area contributed by atoms with Crippen molar-refractivity contribution in [2.24, 2.45) is 0 Å². The van der Waals surface area contributed by atoms with Gasteiger partial charge in [0.1, 0.15) is 5.60 Å². The highest BCUT2D eigenvalue weighted by Crippen LogP contribution is 2.41. The number of carbonyl (C=O) groups excluding carboxylic acids is 1. The molecule has 1 fully saturated rings. The van der Waals surface area contributed by atoms with Gasteiger partial charge in [0.25, 0.3) is 0 Å². The van der Waals surface area contributed by atoms with Crippen LogP contribution >= 0.6 is 0 Å². The van der Waals surface area contributed by atoms with Crippen molar-refractivity contribution in [1.29, 1.82) is 0 Å². The summed E-state index contributed by atoms with van der Waals surface area (Å²) in [6, 6.07) is 2.21. The Hall–Kier alpha value is -1.85. The molecule has 1 aromatic carbocycles. The molecule has 1 amide bonds. The van der Waals surface area contributed by atoms with Gasteiger partial charge in [-0.2, -0.15) is 0 Å². The smallest absolute Gasteiger partial charge is 0.410 e. The zero-order chi connectivity index (χ0) is 21.4. The Morgan fingerprint density at radius 2 is 1.83 bits per heavy atom. The Balaban J connectivity index is 1.94. The SMILES string of the molecule is Cc1cc(C2=CCN(C(=O)OC(C)(C)C)CC2)c(C2(O)CCOCC2)c(C)c1C. The minimum absolute atomic E-state index is 0.271. The fourth-order valence-electron chi connectivity index (χ4n) is 4.30. The first-order valence-electron chi connectivity index (χ1n) is 10.6. The number of ether oxygens (including phenoxy) is 2. The maximum atomic E-state index is 12.4. The van der Waals surface area contributed by atoms with Crippen molar-refractivity contribution in [3.63, 3.8) is 0 Å². The van der Waals surface area contributed by atoms with E-state index in [0.29, 0.717) is 39.1 Å². The number of aliphatic hydroxyl groups is 1. The second-order valence-electron chi connectivity index (χ2n) is 9.42. The quantitative estimate of drug-likeness (QED) is 0.785. The average Bonchev–Trinajstić information content (AvgIpc) is 2.65. The van der Waals surface area contributed by atoms with Gasteiger partial charge in [-0.1, -0.05) is 12.1 Å². The molecule has 1 saturated heterocycles. The summed E-state index contributed by atoms with van der Waals surface area (Å²) < 4.78 is 11.0. The Bertz CT molecular complexity index is 813. The first-order valence-corrected chi connectivity index (χ1v) is 10.6. The van der Waals surface area contributed by atoms with Crippen LogP contribution in [-0.4, -0.2) is 48.0 Å². The topological polar surface area (TPSA) is 59.0 Å². The van der Waals surface area contributed by atoms with Crippen LogP contribution in [0.1, 0.15) is 67.9 Å². The van der Waals surface area contributed by atoms with Gasteiger partial charge in [-0.25, -0.2) is 4.79 Å². The van der Waals surface area contributed by atoms with Crippen molar-refractivity contribution in [1.82, 2.24) is 4.90 Å². The molecule has 3 rings (SSSR count). The van der Waals surface area contributed by atoms with Crippen molar-refractivity contribution < 1.29 is 19.4 Å². The molecule has 5 heteroatoms. The number of aryl methyl sites for hydroxylation is 1. The van der Waals surface area contributed by atoms with Crippen LogP contribution in [0.25, 0.3) is 5.57 Å². The molecule has 2 aliphatic heterocycles. The molecule has 0 saturated carbocycles. The van der Waals surface area contributed by atoms with E-state index >= 15 is 0 Å². The van der Waals surface area contributed by atoms with E-state index in [9.17, 15) is 9.90 Å². The molecule has 0 unspecified atom stereocenters. The molecule has 160 valence electrons. The first-order chi connectivity index (χ1) is 13.5. The molecule has 29 heavy (non-hydrogen) atoms. The number of carbonyl (C=O) groups is 1. The van der Waals surface area contributed by atoms with Crippen LogP contribution < -0.4 is 0 Å². The van der Waals surface area contributed by atoms with Crippen LogP contribution in [0.5, 0.6) is 0 Å². The fraction of sp³-hybridized carbons (Fsp3) is 0.625. The fourth-order valence-corrected chi connectivity index (χ4v) is 4.30. The molecule has 0 aliphatic carbocycles. The lowest BCUT2D eigenvalue weighted by Crippen LogP contribution is -2.39. The van der Waals surface area contributed by atoms with Gasteiger partial charge < -0.3 is 19.5 Å². The lowest BCUT2D eigenvalue weighted by Gasteiger charge is -2.37. The van der Waals surface area contributed by atoms with Crippen LogP contribution in [0, 0.1) is 20.8 Å². The summed E-state index contributed by atoms with van der Waals surface area (Å²) in [5.74, 6) is 0. The van der Waals surface area contributed by atoms with Gasteiger partial charge >= 0.3 is 6.09 Å². The van der Waals surface area contributed by atoms with Crippen molar-refractivity contribution in [3.05, 3.63) is 40.0 Å². The Kier molecular flexibility index (Phi) is 6.11. The zero-order valence-corrected chi connectivity index (χ0v) is 18.7. The molecule has 2 aliphatic rings. The molecule has 2 heterocycles. The highest BCUT2D eigenvalue weighted by Gasteiger charge is 2.37. The van der Waals surface area contributed by atoms with Crippen LogP contribution in [-0.2, 0) is 15.1 Å². The van der Waals surface area contributed by atoms with Gasteiger partial charge in [0, 0.05) is 39.1 Å². The lowest BCUT2D eigenvalue weighted by atomic mass is 9.76. The van der Waals surface area contributed by atoms with Gasteiger partial charge in [-0.05, 0) is 81.4 Å². The summed E-state index contributed by atoms with van der Waals surface area (Å²) in [5.41, 5.74) is 5.64. The van der Waals surface area contributed by atoms with E-state index in [1.807, 2.05) is 20.8 Å². The predicted molar refractivity (Wildman–Crippen MR) is 115 cm³/mol. The van der Waals surface area contributed by atoms with E-state index in [-0.39, 0.29) is 6.09 Å². The molecule has 5 nitrogen and oxygen atoms in total. The number of hydrogen-bond donors (Lipinski definition) is 1. The number of amides is 1. The summed E-state index contributed by atoms with van der Waals surface area (Å²) in [7, 11) is 0. The number of rotatable bonds is 2. The molecule has 0 atom stereocenters. The average molecular weight is 402 g/mol. The third-order valence-electron chi connectivity index (χ3n) is 6.15. The second-order valence-corrected chi connectivity index (χ2v) is 9.42. The Labute approximate surface area is 174 Å². The minimum Gasteiger partial charge on any atom is -0.444 e. The van der Waals surface area contributed by atoms with Crippen molar-refractivity contribution in [2.45, 2.75) is 72.0 Å². The minimum atomic E-state index is -0.862. The number of hydrogen-bond acceptors (Lipinski definition) is 4. The maximum Gasteiger partial charge on any atom is 0.410 e. The summed E-state index contributed by atoms with van der Waals surface area (Å²) in [5, 5.41) is 11.5. The van der Waals surface area contributed by atoms with Crippen molar-refractivity contribution in [3.8, 4) is 0 Å². The zero-order valence-electron chi connectivity index (χ0n) is 18.7. The summed E-state index contributed by atoms with van der Waals surface area (Å²) in [4.78, 5) is 14.1. The van der Waals surface area contributed by atoms with Gasteiger partial charge in [-0.15, -0.1) is 0 Å². The van der Waals surface area contributed by atoms with Crippen molar-refractivity contribution in [2.75, 3.05) is 26.3 Å². The maximum absolute atomic E-state index is 12.4. The summed E-state index contributed by atoms with van der Waals surface area (Å²) >= 11 is 0. The van der Waals surface area contributed by atoms with Gasteiger partial charge in [-0.3, -0.25) is 0 Å². The Morgan fingerprint density at radius 1 is 1.17 bits per heavy atom. The lowest BCUT2D eigenvalue weighted by molar-refractivity contribution is -0.0684. The molecule has 1 N–H and O–H groups in total. The summed E-state index contributed by atoms with van der Waals surface area (Å²) in [6.45, 7) is 14.3. The van der Waals surface area contributed by atoms with Crippen LogP contribution in [0.4, 0.5) is 4.79 Å². The summed E-state index contributed by atoms with van der Waals surface area (Å²) in [6.07, 6.45) is 3.82. The van der Waals surface area contributed by atoms with Crippen LogP contribution in [0.15, 0.2) is 12.1 Å². The predicted octanol–water partition coefficient (Wildman–Crippen LogP) is 4.63. The molecule has 0 radical (unpaired) electrons. The van der Waals surface area contributed by atoms with Gasteiger partial charge in [0.2, 0.25) is 0 Å². The normalized spacial score (nSPS) is 19.7. The molecule has 0 aromatic heterocycles. The van der Waals surface area contributed by atoms with E-state index in [1.54, 1.807) is 4.90 Å². The highest BCUT2D eigenvalue weighted by molar-refractivity contribution is 5.75. The third-order valence-corrected chi connectivity index (χ3v) is 6.15. The molecule has 0 bridgehead atoms. The van der Waals surface area contributed by atoms with Crippen molar-refractivity contribution >= 4 is 11.7 Å². The van der Waals surface area contributed by atoms with Crippen LogP contribution in [0.3, 0.4) is 0 Å². The second kappa shape index (κ2) is 8.11. The Morgan fingerprint density at radius 3 is 2.38 bits per heavy atom. The number of nitrogens with zero attached hydrogens (tertiary/aromatic N) is 1. The van der Waals surface area contributed by atoms with E-state index in [2.05, 4.69) is 32.9 Å². The first kappa shape index (κ1) is 21.8. The number of benzene rings is 1. The monoisotopic (exact) mass is 401 g/mol.